The lowest BCUT2D eigenvalue weighted by atomic mass is 10.0. The second-order valence-corrected chi connectivity index (χ2v) is 6.04. The van der Waals surface area contributed by atoms with Crippen LogP contribution in [0.15, 0.2) is 54.6 Å². The minimum absolute atomic E-state index is 0.0849. The van der Waals surface area contributed by atoms with E-state index in [2.05, 4.69) is 5.32 Å². The first kappa shape index (κ1) is 16.5. The first-order chi connectivity index (χ1) is 11.7. The number of rotatable bonds is 5. The van der Waals surface area contributed by atoms with E-state index < -0.39 is 6.10 Å². The molecule has 1 aliphatic rings. The first-order valence-electron chi connectivity index (χ1n) is 8.43. The van der Waals surface area contributed by atoms with E-state index in [0.717, 1.165) is 30.6 Å². The Labute approximate surface area is 142 Å². The van der Waals surface area contributed by atoms with Gasteiger partial charge in [0.1, 0.15) is 5.75 Å². The number of carbonyl (C=O) groups excluding carboxylic acids is 1. The van der Waals surface area contributed by atoms with Crippen LogP contribution < -0.4 is 10.1 Å². The van der Waals surface area contributed by atoms with E-state index in [1.54, 1.807) is 6.92 Å². The summed E-state index contributed by atoms with van der Waals surface area (Å²) in [7, 11) is 0. The minimum Gasteiger partial charge on any atom is -0.480 e. The highest BCUT2D eigenvalue weighted by atomic mass is 16.5. The van der Waals surface area contributed by atoms with Crippen molar-refractivity contribution in [2.75, 3.05) is 13.2 Å². The van der Waals surface area contributed by atoms with Gasteiger partial charge in [0.15, 0.2) is 6.10 Å². The van der Waals surface area contributed by atoms with Crippen molar-refractivity contribution >= 4 is 5.91 Å². The summed E-state index contributed by atoms with van der Waals surface area (Å²) in [6.45, 7) is 3.14. The summed E-state index contributed by atoms with van der Waals surface area (Å²) in [6, 6.07) is 17.9. The van der Waals surface area contributed by atoms with E-state index >= 15 is 0 Å². The Balaban J connectivity index is 1.68. The smallest absolute Gasteiger partial charge is 0.261 e. The molecule has 0 spiro atoms. The zero-order valence-electron chi connectivity index (χ0n) is 13.9. The number of hydrogen-bond acceptors (Lipinski definition) is 3. The summed E-state index contributed by atoms with van der Waals surface area (Å²) in [4.78, 5) is 12.4. The zero-order chi connectivity index (χ0) is 16.8. The Morgan fingerprint density at radius 3 is 2.67 bits per heavy atom. The van der Waals surface area contributed by atoms with Crippen LogP contribution in [0.2, 0.25) is 0 Å². The molecule has 2 aromatic rings. The second-order valence-electron chi connectivity index (χ2n) is 6.04. The lowest BCUT2D eigenvalue weighted by Crippen LogP contribution is -2.46. The Kier molecular flexibility index (Phi) is 5.49. The van der Waals surface area contributed by atoms with Gasteiger partial charge in [-0.15, -0.1) is 0 Å². The molecule has 1 N–H and O–H groups in total. The molecule has 4 heteroatoms. The fourth-order valence-corrected chi connectivity index (χ4v) is 2.84. The Morgan fingerprint density at radius 2 is 1.92 bits per heavy atom. The topological polar surface area (TPSA) is 47.6 Å². The third-order valence-electron chi connectivity index (χ3n) is 4.15. The maximum absolute atomic E-state index is 12.4. The van der Waals surface area contributed by atoms with Crippen molar-refractivity contribution in [2.24, 2.45) is 0 Å². The second kappa shape index (κ2) is 7.97. The molecule has 0 unspecified atom stereocenters. The van der Waals surface area contributed by atoms with Crippen LogP contribution in [-0.4, -0.2) is 31.3 Å². The zero-order valence-corrected chi connectivity index (χ0v) is 13.9. The minimum atomic E-state index is -0.559. The van der Waals surface area contributed by atoms with Gasteiger partial charge in [-0.2, -0.15) is 0 Å². The van der Waals surface area contributed by atoms with Crippen LogP contribution in [0.5, 0.6) is 5.75 Å². The normalized spacial score (nSPS) is 18.6. The van der Waals surface area contributed by atoms with Crippen LogP contribution in [0.25, 0.3) is 11.1 Å². The van der Waals surface area contributed by atoms with E-state index in [4.69, 9.17) is 9.47 Å². The van der Waals surface area contributed by atoms with Crippen LogP contribution in [0, 0.1) is 0 Å². The maximum atomic E-state index is 12.4. The fraction of sp³-hybridized carbons (Fsp3) is 0.350. The summed E-state index contributed by atoms with van der Waals surface area (Å²) in [5, 5.41) is 3.01. The highest BCUT2D eigenvalue weighted by molar-refractivity contribution is 5.81. The van der Waals surface area contributed by atoms with Crippen molar-refractivity contribution in [1.29, 1.82) is 0 Å². The molecule has 1 aliphatic heterocycles. The van der Waals surface area contributed by atoms with Gasteiger partial charge in [0.25, 0.3) is 5.91 Å². The number of amides is 1. The molecule has 3 rings (SSSR count). The molecule has 24 heavy (non-hydrogen) atoms. The Hall–Kier alpha value is -2.33. The third kappa shape index (κ3) is 4.15. The van der Waals surface area contributed by atoms with Gasteiger partial charge in [0.05, 0.1) is 12.6 Å². The highest BCUT2D eigenvalue weighted by Crippen LogP contribution is 2.30. The highest BCUT2D eigenvalue weighted by Gasteiger charge is 2.21. The average molecular weight is 325 g/mol. The van der Waals surface area contributed by atoms with Crippen molar-refractivity contribution in [3.63, 3.8) is 0 Å². The number of benzene rings is 2. The van der Waals surface area contributed by atoms with Gasteiger partial charge in [0.2, 0.25) is 0 Å². The molecular weight excluding hydrogens is 302 g/mol. The van der Waals surface area contributed by atoms with Crippen molar-refractivity contribution in [2.45, 2.75) is 31.9 Å². The summed E-state index contributed by atoms with van der Waals surface area (Å²) < 4.78 is 11.4. The molecule has 4 nitrogen and oxygen atoms in total. The fourth-order valence-electron chi connectivity index (χ4n) is 2.84. The average Bonchev–Trinajstić information content (AvgIpc) is 2.63. The van der Waals surface area contributed by atoms with Gasteiger partial charge in [-0.25, -0.2) is 0 Å². The number of para-hydroxylation sites is 1. The number of hydrogen-bond donors (Lipinski definition) is 1. The molecule has 0 saturated carbocycles. The molecule has 0 aliphatic carbocycles. The molecule has 1 saturated heterocycles. The van der Waals surface area contributed by atoms with Gasteiger partial charge in [-0.3, -0.25) is 4.79 Å². The van der Waals surface area contributed by atoms with E-state index in [9.17, 15) is 4.79 Å². The number of ether oxygens (including phenoxy) is 2. The summed E-state index contributed by atoms with van der Waals surface area (Å²) in [5.41, 5.74) is 2.06. The molecule has 1 fully saturated rings. The van der Waals surface area contributed by atoms with E-state index in [0.29, 0.717) is 12.4 Å². The molecular formula is C20H23NO3. The molecule has 2 atom stereocenters. The van der Waals surface area contributed by atoms with Crippen LogP contribution in [0.1, 0.15) is 19.8 Å². The van der Waals surface area contributed by atoms with E-state index in [1.807, 2.05) is 54.6 Å². The van der Waals surface area contributed by atoms with Crippen molar-refractivity contribution < 1.29 is 14.3 Å². The molecule has 126 valence electrons. The van der Waals surface area contributed by atoms with E-state index in [-0.39, 0.29) is 11.9 Å². The summed E-state index contributed by atoms with van der Waals surface area (Å²) in [5.74, 6) is 0.611. The van der Waals surface area contributed by atoms with Gasteiger partial charge in [-0.05, 0) is 31.4 Å². The van der Waals surface area contributed by atoms with Crippen molar-refractivity contribution in [1.82, 2.24) is 5.32 Å². The molecule has 0 bridgehead atoms. The number of nitrogens with one attached hydrogen (secondary N) is 1. The van der Waals surface area contributed by atoms with Gasteiger partial charge >= 0.3 is 0 Å². The van der Waals surface area contributed by atoms with Crippen LogP contribution in [-0.2, 0) is 9.53 Å². The monoisotopic (exact) mass is 325 g/mol. The Bertz CT molecular complexity index is 666. The maximum Gasteiger partial charge on any atom is 0.261 e. The summed E-state index contributed by atoms with van der Waals surface area (Å²) >= 11 is 0. The number of carbonyl (C=O) groups is 1. The molecule has 0 aromatic heterocycles. The molecule has 1 amide bonds. The first-order valence-corrected chi connectivity index (χ1v) is 8.43. The summed E-state index contributed by atoms with van der Waals surface area (Å²) in [6.07, 6.45) is 1.38. The van der Waals surface area contributed by atoms with Crippen LogP contribution in [0.3, 0.4) is 0 Å². The van der Waals surface area contributed by atoms with Gasteiger partial charge < -0.3 is 14.8 Å². The van der Waals surface area contributed by atoms with Crippen molar-refractivity contribution in [3.05, 3.63) is 54.6 Å². The molecule has 1 heterocycles. The molecule has 0 radical (unpaired) electrons. The lowest BCUT2D eigenvalue weighted by Gasteiger charge is -2.25. The van der Waals surface area contributed by atoms with E-state index in [1.165, 1.54) is 0 Å². The third-order valence-corrected chi connectivity index (χ3v) is 4.15. The predicted octanol–water partition coefficient (Wildman–Crippen LogP) is 3.42. The van der Waals surface area contributed by atoms with Gasteiger partial charge in [-0.1, -0.05) is 48.5 Å². The largest absolute Gasteiger partial charge is 0.480 e. The van der Waals surface area contributed by atoms with Gasteiger partial charge in [0, 0.05) is 12.2 Å². The predicted molar refractivity (Wildman–Crippen MR) is 94.0 cm³/mol. The SMILES string of the molecule is C[C@@H](Oc1ccccc1-c1ccccc1)C(=O)N[C@@H]1CCCOC1. The van der Waals surface area contributed by atoms with Crippen molar-refractivity contribution in [3.8, 4) is 16.9 Å². The standard InChI is InChI=1S/C20H23NO3/c1-15(20(22)21-17-10-7-13-23-14-17)24-19-12-6-5-11-18(19)16-8-3-2-4-9-16/h2-6,8-9,11-12,15,17H,7,10,13-14H2,1H3,(H,21,22)/t15-,17-/m1/s1. The quantitative estimate of drug-likeness (QED) is 0.916. The van der Waals surface area contributed by atoms with Crippen LogP contribution >= 0.6 is 0 Å². The van der Waals surface area contributed by atoms with Crippen LogP contribution in [0.4, 0.5) is 0 Å². The lowest BCUT2D eigenvalue weighted by molar-refractivity contribution is -0.128. The molecule has 2 aromatic carbocycles. The Morgan fingerprint density at radius 1 is 1.17 bits per heavy atom.